The number of hydrogen-bond donors (Lipinski definition) is 2. The summed E-state index contributed by atoms with van der Waals surface area (Å²) in [6.45, 7) is 1.93. The zero-order valence-electron chi connectivity index (χ0n) is 13.9. The Hall–Kier alpha value is -2.01. The largest absolute Gasteiger partial charge is 0.481 e. The van der Waals surface area contributed by atoms with Crippen molar-refractivity contribution in [2.75, 3.05) is 0 Å². The Labute approximate surface area is 145 Å². The molecule has 5 nitrogen and oxygen atoms in total. The van der Waals surface area contributed by atoms with E-state index in [1.165, 1.54) is 0 Å². The van der Waals surface area contributed by atoms with Crippen LogP contribution in [0.2, 0.25) is 5.02 Å². The lowest BCUT2D eigenvalue weighted by molar-refractivity contribution is -0.138. The topological polar surface area (TPSA) is 71.3 Å². The Balaban J connectivity index is 1.95. The highest BCUT2D eigenvalue weighted by Gasteiger charge is 2.38. The molecular formula is C18H21ClN2O3. The SMILES string of the molecule is Cc1ccc2c(cc(C(=O)NC3(CC(=O)O)CCCC3)n2C)c1Cl. The molecule has 0 saturated heterocycles. The molecule has 0 bridgehead atoms. The molecular weight excluding hydrogens is 328 g/mol. The van der Waals surface area contributed by atoms with Crippen molar-refractivity contribution in [1.29, 1.82) is 0 Å². The lowest BCUT2D eigenvalue weighted by atomic mass is 9.93. The van der Waals surface area contributed by atoms with Crippen LogP contribution in [0.1, 0.15) is 48.2 Å². The summed E-state index contributed by atoms with van der Waals surface area (Å²) in [5, 5.41) is 13.7. The highest BCUT2D eigenvalue weighted by atomic mass is 35.5. The van der Waals surface area contributed by atoms with E-state index in [9.17, 15) is 14.7 Å². The number of nitrogens with one attached hydrogen (secondary N) is 1. The van der Waals surface area contributed by atoms with Crippen LogP contribution in [0.3, 0.4) is 0 Å². The molecule has 1 amide bonds. The van der Waals surface area contributed by atoms with Gasteiger partial charge in [-0.05, 0) is 37.5 Å². The summed E-state index contributed by atoms with van der Waals surface area (Å²) in [6, 6.07) is 5.65. The smallest absolute Gasteiger partial charge is 0.305 e. The molecule has 1 heterocycles. The van der Waals surface area contributed by atoms with Gasteiger partial charge in [0.15, 0.2) is 0 Å². The molecule has 2 N–H and O–H groups in total. The van der Waals surface area contributed by atoms with Crippen LogP contribution >= 0.6 is 11.6 Å². The fourth-order valence-electron chi connectivity index (χ4n) is 3.69. The fraction of sp³-hybridized carbons (Fsp3) is 0.444. The van der Waals surface area contributed by atoms with Gasteiger partial charge in [-0.25, -0.2) is 0 Å². The summed E-state index contributed by atoms with van der Waals surface area (Å²) >= 11 is 6.36. The number of carbonyl (C=O) groups is 2. The van der Waals surface area contributed by atoms with Gasteiger partial charge in [0.25, 0.3) is 5.91 Å². The molecule has 1 aliphatic carbocycles. The highest BCUT2D eigenvalue weighted by molar-refractivity contribution is 6.36. The minimum Gasteiger partial charge on any atom is -0.481 e. The molecule has 2 aromatic rings. The number of carboxylic acids is 1. The maximum atomic E-state index is 12.8. The Kier molecular flexibility index (Phi) is 4.30. The normalized spacial score (nSPS) is 16.5. The Morgan fingerprint density at radius 1 is 1.33 bits per heavy atom. The quantitative estimate of drug-likeness (QED) is 0.885. The molecule has 1 fully saturated rings. The molecule has 128 valence electrons. The van der Waals surface area contributed by atoms with E-state index < -0.39 is 11.5 Å². The van der Waals surface area contributed by atoms with Gasteiger partial charge in [0.2, 0.25) is 0 Å². The molecule has 6 heteroatoms. The van der Waals surface area contributed by atoms with E-state index in [-0.39, 0.29) is 12.3 Å². The zero-order chi connectivity index (χ0) is 17.5. The van der Waals surface area contributed by atoms with Crippen molar-refractivity contribution in [3.8, 4) is 0 Å². The Morgan fingerprint density at radius 2 is 2.00 bits per heavy atom. The standard InChI is InChI=1S/C18H21ClN2O3/c1-11-5-6-13-12(16(11)19)9-14(21(13)2)17(24)20-18(10-15(22)23)7-3-4-8-18/h5-6,9H,3-4,7-8,10H2,1-2H3,(H,20,24)(H,22,23). The van der Waals surface area contributed by atoms with E-state index in [0.717, 1.165) is 29.3 Å². The summed E-state index contributed by atoms with van der Waals surface area (Å²) in [7, 11) is 1.82. The molecule has 1 saturated carbocycles. The van der Waals surface area contributed by atoms with Gasteiger partial charge in [-0.1, -0.05) is 30.5 Å². The minimum atomic E-state index is -0.882. The van der Waals surface area contributed by atoms with Crippen LogP contribution in [0.4, 0.5) is 0 Å². The van der Waals surface area contributed by atoms with E-state index >= 15 is 0 Å². The van der Waals surface area contributed by atoms with Gasteiger partial charge in [0.05, 0.1) is 17.0 Å². The van der Waals surface area contributed by atoms with Crippen LogP contribution in [0, 0.1) is 6.92 Å². The first-order valence-corrected chi connectivity index (χ1v) is 8.50. The van der Waals surface area contributed by atoms with E-state index in [2.05, 4.69) is 5.32 Å². The first-order chi connectivity index (χ1) is 11.3. The number of hydrogen-bond acceptors (Lipinski definition) is 2. The third-order valence-electron chi connectivity index (χ3n) is 5.02. The number of aliphatic carboxylic acids is 1. The van der Waals surface area contributed by atoms with Gasteiger partial charge in [-0.15, -0.1) is 0 Å². The number of nitrogens with zero attached hydrogens (tertiary/aromatic N) is 1. The monoisotopic (exact) mass is 348 g/mol. The van der Waals surface area contributed by atoms with Gasteiger partial charge < -0.3 is 15.0 Å². The van der Waals surface area contributed by atoms with Crippen molar-refractivity contribution in [3.63, 3.8) is 0 Å². The number of aromatic nitrogens is 1. The van der Waals surface area contributed by atoms with Gasteiger partial charge in [-0.3, -0.25) is 9.59 Å². The van der Waals surface area contributed by atoms with Gasteiger partial charge in [0, 0.05) is 18.0 Å². The second-order valence-corrected chi connectivity index (χ2v) is 7.11. The first-order valence-electron chi connectivity index (χ1n) is 8.12. The molecule has 1 aromatic heterocycles. The molecule has 0 radical (unpaired) electrons. The number of carbonyl (C=O) groups excluding carboxylic acids is 1. The summed E-state index contributed by atoms with van der Waals surface area (Å²) < 4.78 is 1.80. The predicted molar refractivity (Wildman–Crippen MR) is 93.6 cm³/mol. The van der Waals surface area contributed by atoms with Crippen molar-refractivity contribution >= 4 is 34.4 Å². The number of amides is 1. The van der Waals surface area contributed by atoms with Crippen molar-refractivity contribution in [2.45, 2.75) is 44.6 Å². The number of halogens is 1. The van der Waals surface area contributed by atoms with Gasteiger partial charge in [-0.2, -0.15) is 0 Å². The predicted octanol–water partition coefficient (Wildman–Crippen LogP) is 3.66. The van der Waals surface area contributed by atoms with Crippen molar-refractivity contribution in [3.05, 3.63) is 34.5 Å². The molecule has 3 rings (SSSR count). The first kappa shape index (κ1) is 16.8. The highest BCUT2D eigenvalue weighted by Crippen LogP contribution is 2.34. The van der Waals surface area contributed by atoms with Crippen LogP contribution in [0.15, 0.2) is 18.2 Å². The lowest BCUT2D eigenvalue weighted by Gasteiger charge is -2.28. The number of rotatable bonds is 4. The third-order valence-corrected chi connectivity index (χ3v) is 5.52. The average Bonchev–Trinajstić information content (AvgIpc) is 3.08. The Morgan fingerprint density at radius 3 is 2.62 bits per heavy atom. The number of fused-ring (bicyclic) bond motifs is 1. The lowest BCUT2D eigenvalue weighted by Crippen LogP contribution is -2.48. The summed E-state index contributed by atoms with van der Waals surface area (Å²) in [5.41, 5.74) is 1.70. The van der Waals surface area contributed by atoms with Crippen LogP contribution in [0.25, 0.3) is 10.9 Å². The van der Waals surface area contributed by atoms with Crippen LogP contribution in [0.5, 0.6) is 0 Å². The van der Waals surface area contributed by atoms with Crippen molar-refractivity contribution < 1.29 is 14.7 Å². The summed E-state index contributed by atoms with van der Waals surface area (Å²) in [5.74, 6) is -1.13. The van der Waals surface area contributed by atoms with E-state index in [1.54, 1.807) is 10.6 Å². The molecule has 0 spiro atoms. The van der Waals surface area contributed by atoms with E-state index in [4.69, 9.17) is 11.6 Å². The van der Waals surface area contributed by atoms with E-state index in [1.807, 2.05) is 26.1 Å². The second-order valence-electron chi connectivity index (χ2n) is 6.73. The van der Waals surface area contributed by atoms with Gasteiger partial charge in [0.1, 0.15) is 5.69 Å². The van der Waals surface area contributed by atoms with Crippen LogP contribution < -0.4 is 5.32 Å². The van der Waals surface area contributed by atoms with E-state index in [0.29, 0.717) is 23.6 Å². The zero-order valence-corrected chi connectivity index (χ0v) is 14.6. The molecule has 0 aliphatic heterocycles. The number of carboxylic acid groups (broad SMARTS) is 1. The average molecular weight is 349 g/mol. The van der Waals surface area contributed by atoms with Crippen LogP contribution in [-0.4, -0.2) is 27.1 Å². The second kappa shape index (κ2) is 6.13. The summed E-state index contributed by atoms with van der Waals surface area (Å²) in [6.07, 6.45) is 3.24. The van der Waals surface area contributed by atoms with Gasteiger partial charge >= 0.3 is 5.97 Å². The Bertz CT molecular complexity index is 819. The fourth-order valence-corrected chi connectivity index (χ4v) is 3.91. The van der Waals surface area contributed by atoms with Crippen molar-refractivity contribution in [1.82, 2.24) is 9.88 Å². The molecule has 24 heavy (non-hydrogen) atoms. The molecule has 0 unspecified atom stereocenters. The third kappa shape index (κ3) is 2.88. The number of benzene rings is 1. The van der Waals surface area contributed by atoms with Crippen LogP contribution in [-0.2, 0) is 11.8 Å². The maximum Gasteiger partial charge on any atom is 0.305 e. The molecule has 1 aromatic carbocycles. The van der Waals surface area contributed by atoms with Crippen molar-refractivity contribution in [2.24, 2.45) is 7.05 Å². The number of aryl methyl sites for hydroxylation is 2. The molecule has 0 atom stereocenters. The summed E-state index contributed by atoms with van der Waals surface area (Å²) in [4.78, 5) is 24.0. The maximum absolute atomic E-state index is 12.8. The minimum absolute atomic E-state index is 0.0391. The molecule has 1 aliphatic rings.